The van der Waals surface area contributed by atoms with E-state index in [1.165, 1.54) is 12.7 Å². The van der Waals surface area contributed by atoms with E-state index in [9.17, 15) is 0 Å². The quantitative estimate of drug-likeness (QED) is 0.715. The molecule has 0 spiro atoms. The molecule has 18 heavy (non-hydrogen) atoms. The molecule has 2 rings (SSSR count). The lowest BCUT2D eigenvalue weighted by atomic mass is 10.00. The van der Waals surface area contributed by atoms with E-state index in [1.54, 1.807) is 7.05 Å². The zero-order valence-corrected chi connectivity index (χ0v) is 11.2. The van der Waals surface area contributed by atoms with Gasteiger partial charge < -0.3 is 15.7 Å². The van der Waals surface area contributed by atoms with Crippen molar-refractivity contribution in [3.05, 3.63) is 11.5 Å². The predicted octanol–water partition coefficient (Wildman–Crippen LogP) is 2.13. The van der Waals surface area contributed by atoms with Crippen molar-refractivity contribution in [2.45, 2.75) is 31.7 Å². The number of halogens is 1. The number of anilines is 2. The summed E-state index contributed by atoms with van der Waals surface area (Å²) in [4.78, 5) is 8.19. The minimum absolute atomic E-state index is 0.242. The van der Waals surface area contributed by atoms with Gasteiger partial charge in [-0.05, 0) is 25.2 Å². The number of hydrogen-bond acceptors (Lipinski definition) is 5. The first-order valence-corrected chi connectivity index (χ1v) is 6.69. The van der Waals surface area contributed by atoms with E-state index < -0.39 is 0 Å². The number of nitrogens with one attached hydrogen (secondary N) is 2. The van der Waals surface area contributed by atoms with Crippen LogP contribution in [0.3, 0.4) is 0 Å². The number of hydrogen-bond donors (Lipinski definition) is 3. The fourth-order valence-corrected chi connectivity index (χ4v) is 2.84. The molecule has 0 bridgehead atoms. The van der Waals surface area contributed by atoms with Gasteiger partial charge in [0.25, 0.3) is 0 Å². The summed E-state index contributed by atoms with van der Waals surface area (Å²) in [5.74, 6) is 1.25. The first-order valence-electron chi connectivity index (χ1n) is 6.32. The van der Waals surface area contributed by atoms with Crippen molar-refractivity contribution in [1.29, 1.82) is 0 Å². The van der Waals surface area contributed by atoms with Crippen molar-refractivity contribution in [2.75, 3.05) is 24.3 Å². The molecule has 0 aliphatic heterocycles. The number of aromatic nitrogens is 2. The molecule has 0 radical (unpaired) electrons. The average molecular weight is 271 g/mol. The van der Waals surface area contributed by atoms with E-state index in [2.05, 4.69) is 20.6 Å². The van der Waals surface area contributed by atoms with Crippen LogP contribution < -0.4 is 10.6 Å². The number of nitrogens with zero attached hydrogens (tertiary/aromatic N) is 2. The van der Waals surface area contributed by atoms with E-state index >= 15 is 0 Å². The molecule has 0 saturated heterocycles. The van der Waals surface area contributed by atoms with Crippen molar-refractivity contribution in [1.82, 2.24) is 9.97 Å². The van der Waals surface area contributed by atoms with Gasteiger partial charge in [-0.2, -0.15) is 0 Å². The van der Waals surface area contributed by atoms with Crippen LogP contribution in [0.15, 0.2) is 6.33 Å². The van der Waals surface area contributed by atoms with Gasteiger partial charge in [0.05, 0.1) is 0 Å². The van der Waals surface area contributed by atoms with Crippen molar-refractivity contribution in [3.63, 3.8) is 0 Å². The van der Waals surface area contributed by atoms with E-state index in [0.29, 0.717) is 17.1 Å². The molecular formula is C12H19ClN4O. The summed E-state index contributed by atoms with van der Waals surface area (Å²) in [6, 6.07) is 0.357. The first-order chi connectivity index (χ1) is 8.76. The number of aliphatic hydroxyl groups excluding tert-OH is 1. The molecule has 2 atom stereocenters. The molecular weight excluding hydrogens is 252 g/mol. The second kappa shape index (κ2) is 6.20. The van der Waals surface area contributed by atoms with Gasteiger partial charge in [0.1, 0.15) is 12.0 Å². The molecule has 1 aliphatic rings. The summed E-state index contributed by atoms with van der Waals surface area (Å²) < 4.78 is 0. The third-order valence-electron chi connectivity index (χ3n) is 3.53. The number of aliphatic hydroxyl groups is 1. The largest absolute Gasteiger partial charge is 0.396 e. The minimum atomic E-state index is 0.242. The average Bonchev–Trinajstić information content (AvgIpc) is 2.78. The highest BCUT2D eigenvalue weighted by Gasteiger charge is 2.27. The lowest BCUT2D eigenvalue weighted by Gasteiger charge is -2.22. The molecule has 1 aromatic rings. The van der Waals surface area contributed by atoms with Crippen LogP contribution in [0.1, 0.15) is 25.7 Å². The Balaban J connectivity index is 2.11. The Hall–Kier alpha value is -1.07. The minimum Gasteiger partial charge on any atom is -0.396 e. The van der Waals surface area contributed by atoms with E-state index in [-0.39, 0.29) is 6.61 Å². The van der Waals surface area contributed by atoms with Gasteiger partial charge in [-0.25, -0.2) is 9.97 Å². The van der Waals surface area contributed by atoms with Gasteiger partial charge in [0.2, 0.25) is 0 Å². The van der Waals surface area contributed by atoms with Crippen LogP contribution in [0.2, 0.25) is 5.15 Å². The molecule has 1 fully saturated rings. The second-order valence-corrected chi connectivity index (χ2v) is 4.95. The van der Waals surface area contributed by atoms with Crippen LogP contribution >= 0.6 is 11.6 Å². The van der Waals surface area contributed by atoms with Crippen LogP contribution in [0.4, 0.5) is 11.5 Å². The summed E-state index contributed by atoms with van der Waals surface area (Å²) in [7, 11) is 1.80. The Morgan fingerprint density at radius 3 is 3.00 bits per heavy atom. The maximum Gasteiger partial charge on any atom is 0.157 e. The van der Waals surface area contributed by atoms with Gasteiger partial charge in [0, 0.05) is 19.7 Å². The molecule has 6 heteroatoms. The molecule has 1 aromatic heterocycles. The van der Waals surface area contributed by atoms with Crippen molar-refractivity contribution < 1.29 is 5.11 Å². The molecule has 2 unspecified atom stereocenters. The number of rotatable bonds is 5. The third kappa shape index (κ3) is 2.84. The monoisotopic (exact) mass is 270 g/mol. The van der Waals surface area contributed by atoms with Gasteiger partial charge >= 0.3 is 0 Å². The zero-order valence-electron chi connectivity index (χ0n) is 10.5. The van der Waals surface area contributed by atoms with E-state index in [1.807, 2.05) is 0 Å². The first kappa shape index (κ1) is 13.4. The van der Waals surface area contributed by atoms with Crippen LogP contribution in [-0.2, 0) is 0 Å². The summed E-state index contributed by atoms with van der Waals surface area (Å²) in [6.07, 6.45) is 5.75. The Labute approximate surface area is 112 Å². The maximum atomic E-state index is 9.07. The van der Waals surface area contributed by atoms with Crippen molar-refractivity contribution in [2.24, 2.45) is 5.92 Å². The zero-order chi connectivity index (χ0) is 13.0. The van der Waals surface area contributed by atoms with Crippen LogP contribution in [0, 0.1) is 5.92 Å². The fraction of sp³-hybridized carbons (Fsp3) is 0.667. The molecule has 5 nitrogen and oxygen atoms in total. The summed E-state index contributed by atoms with van der Waals surface area (Å²) >= 11 is 6.02. The summed E-state index contributed by atoms with van der Waals surface area (Å²) in [6.45, 7) is 0.242. The van der Waals surface area contributed by atoms with Gasteiger partial charge in [-0.3, -0.25) is 0 Å². The molecule has 0 amide bonds. The molecule has 1 saturated carbocycles. The standard InChI is InChI=1S/C12H19ClN4O/c1-14-10-11(13)15-7-16-12(10)17-9-4-2-3-8(9)5-6-18/h7-9,14,18H,2-6H2,1H3,(H,15,16,17). The summed E-state index contributed by atoms with van der Waals surface area (Å²) in [5.41, 5.74) is 0.730. The SMILES string of the molecule is CNc1c(Cl)ncnc1NC1CCCC1CCO. The van der Waals surface area contributed by atoms with Crippen LogP contribution in [0.5, 0.6) is 0 Å². The lowest BCUT2D eigenvalue weighted by molar-refractivity contribution is 0.254. The van der Waals surface area contributed by atoms with E-state index in [4.69, 9.17) is 16.7 Å². The third-order valence-corrected chi connectivity index (χ3v) is 3.82. The van der Waals surface area contributed by atoms with Crippen molar-refractivity contribution >= 4 is 23.1 Å². The van der Waals surface area contributed by atoms with Gasteiger partial charge in [-0.1, -0.05) is 18.0 Å². The predicted molar refractivity (Wildman–Crippen MR) is 73.0 cm³/mol. The molecule has 1 heterocycles. The lowest BCUT2D eigenvalue weighted by Crippen LogP contribution is -2.25. The second-order valence-electron chi connectivity index (χ2n) is 4.59. The highest BCUT2D eigenvalue weighted by atomic mass is 35.5. The summed E-state index contributed by atoms with van der Waals surface area (Å²) in [5, 5.41) is 15.9. The Bertz CT molecular complexity index is 402. The Morgan fingerprint density at radius 1 is 1.44 bits per heavy atom. The fourth-order valence-electron chi connectivity index (χ4n) is 2.61. The highest BCUT2D eigenvalue weighted by molar-refractivity contribution is 6.32. The highest BCUT2D eigenvalue weighted by Crippen LogP contribution is 2.33. The van der Waals surface area contributed by atoms with Crippen LogP contribution in [-0.4, -0.2) is 34.8 Å². The molecule has 0 aromatic carbocycles. The Morgan fingerprint density at radius 2 is 2.28 bits per heavy atom. The molecule has 1 aliphatic carbocycles. The van der Waals surface area contributed by atoms with E-state index in [0.717, 1.165) is 30.8 Å². The Kier molecular flexibility index (Phi) is 4.60. The van der Waals surface area contributed by atoms with Crippen LogP contribution in [0.25, 0.3) is 0 Å². The maximum absolute atomic E-state index is 9.07. The normalized spacial score (nSPS) is 23.1. The molecule has 100 valence electrons. The topological polar surface area (TPSA) is 70.1 Å². The van der Waals surface area contributed by atoms with Gasteiger partial charge in [-0.15, -0.1) is 0 Å². The molecule has 3 N–H and O–H groups in total. The van der Waals surface area contributed by atoms with Crippen molar-refractivity contribution in [3.8, 4) is 0 Å². The van der Waals surface area contributed by atoms with Gasteiger partial charge in [0.15, 0.2) is 11.0 Å². The smallest absolute Gasteiger partial charge is 0.157 e.